The van der Waals surface area contributed by atoms with E-state index in [0.717, 1.165) is 0 Å². The molecule has 2 rings (SSSR count). The molecule has 0 nitrogen and oxygen atoms in total. The Bertz CT molecular complexity index is 583. The molecule has 0 heterocycles. The zero-order chi connectivity index (χ0) is 17.6. The molecule has 0 aromatic rings. The van der Waals surface area contributed by atoms with Crippen molar-refractivity contribution < 1.29 is 52.7 Å². The van der Waals surface area contributed by atoms with Crippen molar-refractivity contribution in [3.8, 4) is 0 Å². The van der Waals surface area contributed by atoms with Gasteiger partial charge in [-0.2, -0.15) is 43.9 Å². The fourth-order valence-electron chi connectivity index (χ4n) is 2.18. The molecule has 0 radical (unpaired) electrons. The van der Waals surface area contributed by atoms with E-state index in [0.29, 0.717) is 0 Å². The molecule has 0 saturated heterocycles. The quantitative estimate of drug-likeness (QED) is 0.557. The molecule has 12 heteroatoms. The smallest absolute Gasteiger partial charge is 0.224 e. The maximum Gasteiger partial charge on any atom is 0.382 e. The lowest BCUT2D eigenvalue weighted by atomic mass is 9.66. The van der Waals surface area contributed by atoms with Gasteiger partial charge in [0.05, 0.1) is 5.57 Å². The molecule has 2 aliphatic carbocycles. The van der Waals surface area contributed by atoms with Gasteiger partial charge in [-0.1, -0.05) is 6.08 Å². The molecule has 0 aliphatic heterocycles. The van der Waals surface area contributed by atoms with Crippen LogP contribution in [0.1, 0.15) is 0 Å². The van der Waals surface area contributed by atoms with Gasteiger partial charge >= 0.3 is 29.6 Å². The minimum atomic E-state index is -7.21. The Labute approximate surface area is 113 Å². The largest absolute Gasteiger partial charge is 0.382 e. The van der Waals surface area contributed by atoms with Gasteiger partial charge in [-0.3, -0.25) is 0 Å². The van der Waals surface area contributed by atoms with E-state index < -0.39 is 58.8 Å². The van der Waals surface area contributed by atoms with Gasteiger partial charge in [0.2, 0.25) is 0 Å². The van der Waals surface area contributed by atoms with E-state index >= 15 is 0 Å². The SMILES string of the molecule is FC1=CC=C2C(F)(F)C(F)(F)C(F)(F)C(F)(F)C2(F)C1(F)F. The molecule has 0 aromatic carbocycles. The Morgan fingerprint density at radius 3 is 1.45 bits per heavy atom. The molecule has 1 saturated carbocycles. The first kappa shape index (κ1) is 17.0. The van der Waals surface area contributed by atoms with Gasteiger partial charge in [0.1, 0.15) is 0 Å². The lowest BCUT2D eigenvalue weighted by molar-refractivity contribution is -0.420. The van der Waals surface area contributed by atoms with Crippen molar-refractivity contribution in [3.05, 3.63) is 23.6 Å². The van der Waals surface area contributed by atoms with Crippen LogP contribution in [0.25, 0.3) is 0 Å². The molecule has 0 amide bonds. The average molecular weight is 350 g/mol. The highest BCUT2D eigenvalue weighted by atomic mass is 19.4. The predicted molar refractivity (Wildman–Crippen MR) is 45.8 cm³/mol. The first-order valence-electron chi connectivity index (χ1n) is 5.18. The molecular weight excluding hydrogens is 348 g/mol. The minimum absolute atomic E-state index is 0.670. The summed E-state index contributed by atoms with van der Waals surface area (Å²) in [7, 11) is 0. The van der Waals surface area contributed by atoms with Gasteiger partial charge in [0.15, 0.2) is 5.83 Å². The van der Waals surface area contributed by atoms with E-state index in [1.807, 2.05) is 0 Å². The zero-order valence-corrected chi connectivity index (χ0v) is 9.69. The number of halogens is 12. The second-order valence-electron chi connectivity index (χ2n) is 4.63. The molecule has 0 bridgehead atoms. The summed E-state index contributed by atoms with van der Waals surface area (Å²) in [5.41, 5.74) is -9.69. The molecule has 22 heavy (non-hydrogen) atoms. The number of alkyl halides is 11. The summed E-state index contributed by atoms with van der Waals surface area (Å²) in [6.45, 7) is 0. The Hall–Kier alpha value is -1.36. The van der Waals surface area contributed by atoms with Crippen molar-refractivity contribution >= 4 is 0 Å². The first-order valence-corrected chi connectivity index (χ1v) is 5.18. The second-order valence-corrected chi connectivity index (χ2v) is 4.63. The van der Waals surface area contributed by atoms with E-state index in [2.05, 4.69) is 0 Å². The normalized spacial score (nSPS) is 36.9. The average Bonchev–Trinajstić information content (AvgIpc) is 2.34. The highest BCUT2D eigenvalue weighted by Crippen LogP contribution is 2.70. The van der Waals surface area contributed by atoms with Crippen molar-refractivity contribution in [1.82, 2.24) is 0 Å². The molecule has 1 fully saturated rings. The third-order valence-electron chi connectivity index (χ3n) is 3.45. The van der Waals surface area contributed by atoms with Crippen LogP contribution in [0.3, 0.4) is 0 Å². The summed E-state index contributed by atoms with van der Waals surface area (Å²) >= 11 is 0. The zero-order valence-electron chi connectivity index (χ0n) is 9.69. The van der Waals surface area contributed by atoms with Crippen molar-refractivity contribution in [2.45, 2.75) is 35.3 Å². The maximum absolute atomic E-state index is 14.0. The molecule has 126 valence electrons. The molecule has 1 unspecified atom stereocenters. The molecule has 2 aliphatic rings. The van der Waals surface area contributed by atoms with Crippen LogP contribution in [-0.4, -0.2) is 35.3 Å². The Balaban J connectivity index is 2.95. The van der Waals surface area contributed by atoms with Crippen LogP contribution in [-0.2, 0) is 0 Å². The summed E-state index contributed by atoms with van der Waals surface area (Å²) in [4.78, 5) is 0. The summed E-state index contributed by atoms with van der Waals surface area (Å²) in [5.74, 6) is -36.8. The van der Waals surface area contributed by atoms with Crippen LogP contribution < -0.4 is 0 Å². The summed E-state index contributed by atoms with van der Waals surface area (Å²) in [6.07, 6.45) is -1.49. The number of hydrogen-bond donors (Lipinski definition) is 0. The fraction of sp³-hybridized carbons (Fsp3) is 0.600. The molecule has 0 spiro atoms. The van der Waals surface area contributed by atoms with Gasteiger partial charge < -0.3 is 0 Å². The van der Waals surface area contributed by atoms with Gasteiger partial charge in [-0.05, 0) is 6.08 Å². The second kappa shape index (κ2) is 3.75. The number of hydrogen-bond acceptors (Lipinski definition) is 0. The minimum Gasteiger partial charge on any atom is -0.224 e. The van der Waals surface area contributed by atoms with E-state index in [1.54, 1.807) is 0 Å². The number of fused-ring (bicyclic) bond motifs is 1. The van der Waals surface area contributed by atoms with Crippen molar-refractivity contribution in [1.29, 1.82) is 0 Å². The van der Waals surface area contributed by atoms with Gasteiger partial charge in [0, 0.05) is 0 Å². The molecule has 1 atom stereocenters. The molecule has 0 aromatic heterocycles. The van der Waals surface area contributed by atoms with Crippen LogP contribution in [0.5, 0.6) is 0 Å². The van der Waals surface area contributed by atoms with Crippen LogP contribution in [0.4, 0.5) is 52.7 Å². The third kappa shape index (κ3) is 1.31. The van der Waals surface area contributed by atoms with Crippen LogP contribution in [0.2, 0.25) is 0 Å². The predicted octanol–water partition coefficient (Wildman–Crippen LogP) is 4.68. The van der Waals surface area contributed by atoms with Crippen molar-refractivity contribution in [2.24, 2.45) is 0 Å². The lowest BCUT2D eigenvalue weighted by Crippen LogP contribution is -2.80. The Morgan fingerprint density at radius 1 is 0.545 bits per heavy atom. The Morgan fingerprint density at radius 2 is 1.00 bits per heavy atom. The van der Waals surface area contributed by atoms with Crippen molar-refractivity contribution in [3.63, 3.8) is 0 Å². The van der Waals surface area contributed by atoms with E-state index in [9.17, 15) is 52.7 Å². The van der Waals surface area contributed by atoms with Gasteiger partial charge in [-0.25, -0.2) is 8.78 Å². The summed E-state index contributed by atoms with van der Waals surface area (Å²) in [5, 5.41) is 0. The number of rotatable bonds is 0. The molecule has 0 N–H and O–H groups in total. The van der Waals surface area contributed by atoms with E-state index in [4.69, 9.17) is 0 Å². The topological polar surface area (TPSA) is 0 Å². The van der Waals surface area contributed by atoms with E-state index in [1.165, 1.54) is 0 Å². The lowest BCUT2D eigenvalue weighted by Gasteiger charge is -2.52. The maximum atomic E-state index is 14.0. The van der Waals surface area contributed by atoms with Crippen LogP contribution in [0, 0.1) is 0 Å². The van der Waals surface area contributed by atoms with Gasteiger partial charge in [0.25, 0.3) is 5.67 Å². The monoisotopic (exact) mass is 350 g/mol. The first-order chi connectivity index (χ1) is 9.51. The van der Waals surface area contributed by atoms with Crippen molar-refractivity contribution in [2.75, 3.05) is 0 Å². The third-order valence-corrected chi connectivity index (χ3v) is 3.45. The highest BCUT2D eigenvalue weighted by Gasteiger charge is 2.97. The highest BCUT2D eigenvalue weighted by molar-refractivity contribution is 5.49. The fourth-order valence-corrected chi connectivity index (χ4v) is 2.18. The van der Waals surface area contributed by atoms with Crippen LogP contribution in [0.15, 0.2) is 23.6 Å². The van der Waals surface area contributed by atoms with Gasteiger partial charge in [-0.15, -0.1) is 0 Å². The van der Waals surface area contributed by atoms with Crippen LogP contribution >= 0.6 is 0 Å². The summed E-state index contributed by atoms with van der Waals surface area (Å²) < 4.78 is 159. The standard InChI is InChI=1S/C10H2F12/c11-4-2-1-3-5(12,7(4,15)16)8(17,18)10(21,22)9(19,20)6(3,13)14/h1-2H. The molecular formula is C10H2F12. The summed E-state index contributed by atoms with van der Waals surface area (Å²) in [6, 6.07) is 0. The Kier molecular flexibility index (Phi) is 2.90. The number of allylic oxidation sites excluding steroid dienone is 4. The van der Waals surface area contributed by atoms with E-state index in [-0.39, 0.29) is 0 Å².